The van der Waals surface area contributed by atoms with E-state index in [9.17, 15) is 0 Å². The van der Waals surface area contributed by atoms with Crippen molar-refractivity contribution >= 4 is 8.80 Å². The van der Waals surface area contributed by atoms with Gasteiger partial charge in [-0.25, -0.2) is 0 Å². The molecule has 53 heavy (non-hydrogen) atoms. The predicted octanol–water partition coefficient (Wildman–Crippen LogP) is 13.1. The highest BCUT2D eigenvalue weighted by atomic mass is 28.3. The Labute approximate surface area is 316 Å². The fourth-order valence-electron chi connectivity index (χ4n) is 9.54. The zero-order chi connectivity index (χ0) is 35.7. The van der Waals surface area contributed by atoms with Gasteiger partial charge in [-0.2, -0.15) is 0 Å². The number of fused-ring (bicyclic) bond motifs is 3. The summed E-state index contributed by atoms with van der Waals surface area (Å²) in [6.45, 7) is 4.93. The molecule has 0 radical (unpaired) electrons. The first-order valence-corrected chi connectivity index (χ1v) is 21.3. The average Bonchev–Trinajstić information content (AvgIpc) is 3.44. The van der Waals surface area contributed by atoms with Crippen molar-refractivity contribution in [2.45, 2.75) is 57.4 Å². The van der Waals surface area contributed by atoms with E-state index in [1.54, 1.807) is 38.3 Å². The minimum absolute atomic E-state index is 0.213. The van der Waals surface area contributed by atoms with Gasteiger partial charge < -0.3 is 9.47 Å². The number of hydrogen-bond donors (Lipinski definition) is 0. The quantitative estimate of drug-likeness (QED) is 0.178. The second kappa shape index (κ2) is 14.6. The van der Waals surface area contributed by atoms with Crippen molar-refractivity contribution in [1.29, 1.82) is 0 Å². The summed E-state index contributed by atoms with van der Waals surface area (Å²) in [5.74, 6) is 4.40. The van der Waals surface area contributed by atoms with Crippen LogP contribution in [0, 0.1) is 5.92 Å². The van der Waals surface area contributed by atoms with Gasteiger partial charge in [-0.05, 0) is 109 Å². The van der Waals surface area contributed by atoms with Gasteiger partial charge in [0.15, 0.2) is 0 Å². The molecule has 0 saturated heterocycles. The number of benzene rings is 4. The van der Waals surface area contributed by atoms with Gasteiger partial charge in [0.05, 0.1) is 0 Å². The second-order valence-corrected chi connectivity index (χ2v) is 17.9. The lowest BCUT2D eigenvalue weighted by Gasteiger charge is -2.31. The van der Waals surface area contributed by atoms with Crippen LogP contribution in [0.15, 0.2) is 202 Å². The first-order chi connectivity index (χ1) is 26.1. The molecule has 4 aromatic rings. The Balaban J connectivity index is 1.08. The number of allylic oxidation sites excluding steroid dienone is 16. The summed E-state index contributed by atoms with van der Waals surface area (Å²) in [7, 11) is -1.65. The van der Waals surface area contributed by atoms with Gasteiger partial charge >= 0.3 is 0 Å². The lowest BCUT2D eigenvalue weighted by atomic mass is 9.86. The van der Waals surface area contributed by atoms with E-state index in [-0.39, 0.29) is 11.8 Å². The molecule has 0 aromatic heterocycles. The van der Waals surface area contributed by atoms with Crippen molar-refractivity contribution in [2.24, 2.45) is 5.92 Å². The van der Waals surface area contributed by atoms with E-state index < -0.39 is 8.80 Å². The van der Waals surface area contributed by atoms with Crippen LogP contribution in [0.2, 0.25) is 6.04 Å². The molecule has 0 N–H and O–H groups in total. The Hall–Kier alpha value is -5.38. The first-order valence-electron chi connectivity index (χ1n) is 19.4. The van der Waals surface area contributed by atoms with Crippen molar-refractivity contribution in [2.75, 3.05) is 0 Å². The van der Waals surface area contributed by atoms with Gasteiger partial charge in [0.2, 0.25) is 0 Å². The van der Waals surface area contributed by atoms with Gasteiger partial charge in [0.25, 0.3) is 0 Å². The van der Waals surface area contributed by atoms with Gasteiger partial charge in [-0.1, -0.05) is 150 Å². The van der Waals surface area contributed by atoms with Crippen molar-refractivity contribution in [3.63, 3.8) is 0 Å². The maximum atomic E-state index is 6.21. The van der Waals surface area contributed by atoms with E-state index >= 15 is 0 Å². The zero-order valence-corrected chi connectivity index (χ0v) is 31.8. The Morgan fingerprint density at radius 3 is 1.70 bits per heavy atom. The molecule has 0 spiro atoms. The van der Waals surface area contributed by atoms with Crippen LogP contribution in [-0.4, -0.2) is 8.80 Å². The van der Waals surface area contributed by atoms with Crippen LogP contribution in [0.25, 0.3) is 0 Å². The van der Waals surface area contributed by atoms with Crippen LogP contribution in [0.5, 0.6) is 23.0 Å². The summed E-state index contributed by atoms with van der Waals surface area (Å²) in [6, 6.07) is 39.2. The fraction of sp³-hybridized carbons (Fsp3) is 0.200. The van der Waals surface area contributed by atoms with E-state index in [2.05, 4.69) is 111 Å². The molecule has 5 aliphatic rings. The first kappa shape index (κ1) is 33.5. The third-order valence-electron chi connectivity index (χ3n) is 11.9. The summed E-state index contributed by atoms with van der Waals surface area (Å²) in [5, 5.41) is 3.46. The van der Waals surface area contributed by atoms with Crippen LogP contribution in [0.3, 0.4) is 0 Å². The van der Waals surface area contributed by atoms with Crippen molar-refractivity contribution in [1.82, 2.24) is 0 Å². The molecule has 2 nitrogen and oxygen atoms in total. The maximum Gasteiger partial charge on any atom is 0.127 e. The summed E-state index contributed by atoms with van der Waals surface area (Å²) in [4.78, 5) is 0. The smallest absolute Gasteiger partial charge is 0.127 e. The van der Waals surface area contributed by atoms with Crippen LogP contribution in [-0.2, 0) is 0 Å². The summed E-state index contributed by atoms with van der Waals surface area (Å²) >= 11 is 0. The largest absolute Gasteiger partial charge is 0.457 e. The van der Waals surface area contributed by atoms with Crippen molar-refractivity contribution < 1.29 is 9.47 Å². The zero-order valence-electron chi connectivity index (χ0n) is 30.7. The number of para-hydroxylation sites is 2. The highest BCUT2D eigenvalue weighted by Gasteiger charge is 2.43. The molecule has 0 saturated carbocycles. The molecule has 0 fully saturated rings. The summed E-state index contributed by atoms with van der Waals surface area (Å²) in [5.41, 5.74) is 12.1. The van der Waals surface area contributed by atoms with Crippen LogP contribution >= 0.6 is 0 Å². The highest BCUT2D eigenvalue weighted by Crippen LogP contribution is 2.54. The Bertz CT molecular complexity index is 2260. The summed E-state index contributed by atoms with van der Waals surface area (Å²) < 4.78 is 12.4. The Morgan fingerprint density at radius 2 is 1.09 bits per heavy atom. The number of ether oxygens (including phenoxy) is 2. The van der Waals surface area contributed by atoms with Gasteiger partial charge in [0, 0.05) is 17.8 Å². The number of hydrogen-bond acceptors (Lipinski definition) is 2. The molecule has 1 heterocycles. The monoisotopic (exact) mass is 706 g/mol. The van der Waals surface area contributed by atoms with Crippen molar-refractivity contribution in [3.05, 3.63) is 213 Å². The van der Waals surface area contributed by atoms with Crippen LogP contribution in [0.1, 0.15) is 62.5 Å². The van der Waals surface area contributed by atoms with E-state index in [0.29, 0.717) is 5.92 Å². The Morgan fingerprint density at radius 1 is 0.547 bits per heavy atom. The molecule has 3 heteroatoms. The van der Waals surface area contributed by atoms with Gasteiger partial charge in [0.1, 0.15) is 31.8 Å². The standard InChI is InChI=1S/C50H46O2Si/c1-34-33-38-15-9-10-21-44(36-24-28-41(29-25-36)51-39-16-5-3-6-17-39)47(38)49(34)53-32-14-13-20-43-35(2)50(53)48-45(22-11-12-23-46(43)48)37-26-30-42(31-27-37)52-40-18-7-4-8-19-40/h3-12,15-19,21-31,43-45,53H,13-14,20,32-33H2,1-2H3. The SMILES string of the molecule is CC1=C([SiH]2CCCCC3C(C)=C2C2=C3C=CC=CC2c2ccc(Oc3ccccc3)cc2)C2=C(C=CC=CC2c2ccc(Oc3ccccc3)cc2)C1. The van der Waals surface area contributed by atoms with E-state index in [1.165, 1.54) is 42.0 Å². The van der Waals surface area contributed by atoms with Crippen LogP contribution in [0.4, 0.5) is 0 Å². The minimum atomic E-state index is -1.65. The second-order valence-electron chi connectivity index (χ2n) is 15.1. The molecule has 4 unspecified atom stereocenters. The molecule has 1 aliphatic heterocycles. The number of rotatable bonds is 7. The summed E-state index contributed by atoms with van der Waals surface area (Å²) in [6.07, 6.45) is 23.7. The van der Waals surface area contributed by atoms with Crippen LogP contribution < -0.4 is 9.47 Å². The highest BCUT2D eigenvalue weighted by molar-refractivity contribution is 6.76. The minimum Gasteiger partial charge on any atom is -0.457 e. The molecule has 4 aliphatic carbocycles. The molecule has 4 aromatic carbocycles. The molecular formula is C50H46O2Si. The average molecular weight is 707 g/mol. The molecular weight excluding hydrogens is 661 g/mol. The molecule has 9 rings (SSSR count). The topological polar surface area (TPSA) is 18.5 Å². The fourth-order valence-corrected chi connectivity index (χ4v) is 14.0. The predicted molar refractivity (Wildman–Crippen MR) is 221 cm³/mol. The van der Waals surface area contributed by atoms with Gasteiger partial charge in [-0.15, -0.1) is 0 Å². The molecule has 4 atom stereocenters. The van der Waals surface area contributed by atoms with E-state index in [4.69, 9.17) is 9.47 Å². The maximum absolute atomic E-state index is 6.21. The molecule has 0 amide bonds. The third-order valence-corrected chi connectivity index (χ3v) is 15.8. The lowest BCUT2D eigenvalue weighted by molar-refractivity contribution is 0.482. The molecule has 262 valence electrons. The molecule has 2 bridgehead atoms. The van der Waals surface area contributed by atoms with Gasteiger partial charge in [-0.3, -0.25) is 0 Å². The van der Waals surface area contributed by atoms with Crippen molar-refractivity contribution in [3.8, 4) is 23.0 Å². The van der Waals surface area contributed by atoms with E-state index in [1.807, 2.05) is 60.7 Å². The van der Waals surface area contributed by atoms with E-state index in [0.717, 1.165) is 29.4 Å². The lowest BCUT2D eigenvalue weighted by Crippen LogP contribution is -2.27. The third kappa shape index (κ3) is 6.49. The Kier molecular flexibility index (Phi) is 9.19. The normalized spacial score (nSPS) is 23.4.